The van der Waals surface area contributed by atoms with Crippen LogP contribution in [0.3, 0.4) is 0 Å². The van der Waals surface area contributed by atoms with Crippen molar-refractivity contribution in [2.24, 2.45) is 4.99 Å². The molecule has 1 aromatic heterocycles. The maximum Gasteiger partial charge on any atom is 0.0664 e. The third kappa shape index (κ3) is 3.04. The largest absolute Gasteiger partial charge is 0.256 e. The molecule has 0 radical (unpaired) electrons. The highest BCUT2D eigenvalue weighted by Gasteiger charge is 2.06. The molecule has 0 aliphatic rings. The standard InChI is InChI=1S/C15H17NS/c1-3-12(2)14-6-4-5-7-15(14)16-10-13-8-9-17-11-13/h4-12H,3H2,1-2H3. The maximum absolute atomic E-state index is 4.60. The van der Waals surface area contributed by atoms with Crippen LogP contribution in [0.4, 0.5) is 5.69 Å². The van der Waals surface area contributed by atoms with Gasteiger partial charge < -0.3 is 0 Å². The number of para-hydroxylation sites is 1. The summed E-state index contributed by atoms with van der Waals surface area (Å²) in [5.74, 6) is 0.561. The number of hydrogen-bond acceptors (Lipinski definition) is 2. The smallest absolute Gasteiger partial charge is 0.0664 e. The minimum absolute atomic E-state index is 0.561. The van der Waals surface area contributed by atoms with E-state index >= 15 is 0 Å². The molecule has 17 heavy (non-hydrogen) atoms. The summed E-state index contributed by atoms with van der Waals surface area (Å²) in [6, 6.07) is 10.5. The van der Waals surface area contributed by atoms with Crippen LogP contribution >= 0.6 is 11.3 Å². The summed E-state index contributed by atoms with van der Waals surface area (Å²) in [6.45, 7) is 4.46. The molecule has 0 N–H and O–H groups in total. The van der Waals surface area contributed by atoms with Crippen LogP contribution in [-0.2, 0) is 0 Å². The van der Waals surface area contributed by atoms with Crippen molar-refractivity contribution in [3.05, 3.63) is 52.2 Å². The molecule has 1 atom stereocenters. The summed E-state index contributed by atoms with van der Waals surface area (Å²) in [4.78, 5) is 4.60. The van der Waals surface area contributed by atoms with Gasteiger partial charge in [0, 0.05) is 11.8 Å². The van der Waals surface area contributed by atoms with Gasteiger partial charge in [0.15, 0.2) is 0 Å². The van der Waals surface area contributed by atoms with Gasteiger partial charge >= 0.3 is 0 Å². The molecule has 0 saturated carbocycles. The molecule has 0 spiro atoms. The maximum atomic E-state index is 4.60. The quantitative estimate of drug-likeness (QED) is 0.669. The Balaban J connectivity index is 2.26. The highest BCUT2D eigenvalue weighted by molar-refractivity contribution is 7.08. The fraction of sp³-hybridized carbons (Fsp3) is 0.267. The molecule has 0 amide bonds. The molecule has 2 rings (SSSR count). The van der Waals surface area contributed by atoms with E-state index in [9.17, 15) is 0 Å². The van der Waals surface area contributed by atoms with Gasteiger partial charge in [0.05, 0.1) is 5.69 Å². The fourth-order valence-corrected chi connectivity index (χ4v) is 2.35. The first-order valence-electron chi connectivity index (χ1n) is 5.96. The lowest BCUT2D eigenvalue weighted by atomic mass is 9.97. The first-order chi connectivity index (χ1) is 8.31. The van der Waals surface area contributed by atoms with Gasteiger partial charge in [-0.05, 0) is 40.8 Å². The lowest BCUT2D eigenvalue weighted by molar-refractivity contribution is 0.734. The Bertz CT molecular complexity index is 485. The molecule has 1 unspecified atom stereocenters. The molecule has 1 aromatic carbocycles. The van der Waals surface area contributed by atoms with Crippen molar-refractivity contribution in [3.8, 4) is 0 Å². The summed E-state index contributed by atoms with van der Waals surface area (Å²) in [6.07, 6.45) is 3.09. The van der Waals surface area contributed by atoms with Gasteiger partial charge in [-0.25, -0.2) is 0 Å². The highest BCUT2D eigenvalue weighted by atomic mass is 32.1. The fourth-order valence-electron chi connectivity index (χ4n) is 1.73. The van der Waals surface area contributed by atoms with Crippen LogP contribution in [0.1, 0.15) is 37.3 Å². The van der Waals surface area contributed by atoms with E-state index in [0.717, 1.165) is 12.1 Å². The predicted molar refractivity (Wildman–Crippen MR) is 76.7 cm³/mol. The van der Waals surface area contributed by atoms with Crippen LogP contribution in [0, 0.1) is 0 Å². The van der Waals surface area contributed by atoms with Crippen LogP contribution < -0.4 is 0 Å². The van der Waals surface area contributed by atoms with Crippen molar-refractivity contribution >= 4 is 23.2 Å². The SMILES string of the molecule is CCC(C)c1ccccc1N=Cc1ccsc1. The van der Waals surface area contributed by atoms with E-state index in [-0.39, 0.29) is 0 Å². The molecule has 2 aromatic rings. The third-order valence-electron chi connectivity index (χ3n) is 2.98. The number of rotatable bonds is 4. The molecule has 1 nitrogen and oxygen atoms in total. The van der Waals surface area contributed by atoms with Crippen LogP contribution in [0.2, 0.25) is 0 Å². The van der Waals surface area contributed by atoms with Gasteiger partial charge in [0.1, 0.15) is 0 Å². The van der Waals surface area contributed by atoms with Crippen LogP contribution in [-0.4, -0.2) is 6.21 Å². The van der Waals surface area contributed by atoms with Crippen LogP contribution in [0.25, 0.3) is 0 Å². The zero-order valence-corrected chi connectivity index (χ0v) is 11.1. The zero-order chi connectivity index (χ0) is 12.1. The van der Waals surface area contributed by atoms with E-state index in [2.05, 4.69) is 53.9 Å². The van der Waals surface area contributed by atoms with Gasteiger partial charge in [-0.1, -0.05) is 32.0 Å². The van der Waals surface area contributed by atoms with E-state index in [4.69, 9.17) is 0 Å². The van der Waals surface area contributed by atoms with E-state index in [1.54, 1.807) is 11.3 Å². The molecular weight excluding hydrogens is 226 g/mol. The number of thiophene rings is 1. The second-order valence-corrected chi connectivity index (χ2v) is 4.96. The number of benzene rings is 1. The van der Waals surface area contributed by atoms with Gasteiger partial charge in [0.2, 0.25) is 0 Å². The van der Waals surface area contributed by atoms with Gasteiger partial charge in [-0.15, -0.1) is 0 Å². The molecule has 1 heterocycles. The van der Waals surface area contributed by atoms with Crippen molar-refractivity contribution in [3.63, 3.8) is 0 Å². The molecule has 0 saturated heterocycles. The summed E-state index contributed by atoms with van der Waals surface area (Å²) >= 11 is 1.70. The highest BCUT2D eigenvalue weighted by Crippen LogP contribution is 2.28. The molecule has 0 fully saturated rings. The zero-order valence-electron chi connectivity index (χ0n) is 10.3. The number of aliphatic imine (C=N–C) groups is 1. The summed E-state index contributed by atoms with van der Waals surface area (Å²) in [7, 11) is 0. The van der Waals surface area contributed by atoms with E-state index in [1.165, 1.54) is 11.1 Å². The minimum atomic E-state index is 0.561. The second kappa shape index (κ2) is 5.78. The Morgan fingerprint density at radius 2 is 2.12 bits per heavy atom. The van der Waals surface area contributed by atoms with Crippen molar-refractivity contribution in [1.29, 1.82) is 0 Å². The van der Waals surface area contributed by atoms with Crippen molar-refractivity contribution in [2.75, 3.05) is 0 Å². The lowest BCUT2D eigenvalue weighted by Gasteiger charge is -2.11. The molecule has 88 valence electrons. The molecular formula is C15H17NS. The molecule has 2 heteroatoms. The monoisotopic (exact) mass is 243 g/mol. The number of hydrogen-bond donors (Lipinski definition) is 0. The van der Waals surface area contributed by atoms with Gasteiger partial charge in [-0.3, -0.25) is 4.99 Å². The third-order valence-corrected chi connectivity index (χ3v) is 3.68. The Morgan fingerprint density at radius 1 is 1.29 bits per heavy atom. The summed E-state index contributed by atoms with van der Waals surface area (Å²) in [5.41, 5.74) is 3.60. The number of nitrogens with zero attached hydrogens (tertiary/aromatic N) is 1. The summed E-state index contributed by atoms with van der Waals surface area (Å²) < 4.78 is 0. The van der Waals surface area contributed by atoms with Crippen LogP contribution in [0.15, 0.2) is 46.1 Å². The van der Waals surface area contributed by atoms with E-state index in [1.807, 2.05) is 12.3 Å². The summed E-state index contributed by atoms with van der Waals surface area (Å²) in [5, 5.41) is 4.18. The Hall–Kier alpha value is -1.41. The van der Waals surface area contributed by atoms with E-state index in [0.29, 0.717) is 5.92 Å². The Labute approximate surface area is 107 Å². The first kappa shape index (κ1) is 12.1. The van der Waals surface area contributed by atoms with Gasteiger partial charge in [0.25, 0.3) is 0 Å². The lowest BCUT2D eigenvalue weighted by Crippen LogP contribution is -1.91. The normalized spacial score (nSPS) is 13.1. The van der Waals surface area contributed by atoms with Crippen LogP contribution in [0.5, 0.6) is 0 Å². The van der Waals surface area contributed by atoms with Crippen molar-refractivity contribution < 1.29 is 0 Å². The second-order valence-electron chi connectivity index (χ2n) is 4.18. The molecule has 0 aliphatic heterocycles. The predicted octanol–water partition coefficient (Wildman–Crippen LogP) is 5.01. The minimum Gasteiger partial charge on any atom is -0.256 e. The molecule has 0 aliphatic carbocycles. The average Bonchev–Trinajstić information content (AvgIpc) is 2.89. The Morgan fingerprint density at radius 3 is 2.82 bits per heavy atom. The van der Waals surface area contributed by atoms with Crippen molar-refractivity contribution in [2.45, 2.75) is 26.2 Å². The van der Waals surface area contributed by atoms with Crippen molar-refractivity contribution in [1.82, 2.24) is 0 Å². The van der Waals surface area contributed by atoms with Gasteiger partial charge in [-0.2, -0.15) is 11.3 Å². The Kier molecular flexibility index (Phi) is 4.10. The molecule has 0 bridgehead atoms. The first-order valence-corrected chi connectivity index (χ1v) is 6.90. The van der Waals surface area contributed by atoms with E-state index < -0.39 is 0 Å². The average molecular weight is 243 g/mol. The topological polar surface area (TPSA) is 12.4 Å².